The van der Waals surface area contributed by atoms with Gasteiger partial charge < -0.3 is 14.5 Å². The highest BCUT2D eigenvalue weighted by atomic mass is 16.5. The van der Waals surface area contributed by atoms with Gasteiger partial charge in [0, 0.05) is 39.1 Å². The number of amides is 4. The Bertz CT molecular complexity index is 988. The summed E-state index contributed by atoms with van der Waals surface area (Å²) in [5.41, 5.74) is 0.762. The molecule has 0 atom stereocenters. The first-order valence-corrected chi connectivity index (χ1v) is 10.7. The van der Waals surface area contributed by atoms with E-state index >= 15 is 0 Å². The van der Waals surface area contributed by atoms with Crippen LogP contribution in [0.5, 0.6) is 5.75 Å². The Morgan fingerprint density at radius 2 is 1.31 bits per heavy atom. The number of imide groups is 1. The Balaban J connectivity index is 1.25. The Labute approximate surface area is 186 Å². The smallest absolute Gasteiger partial charge is 0.261 e. The minimum absolute atomic E-state index is 0.0439. The van der Waals surface area contributed by atoms with Crippen molar-refractivity contribution in [2.45, 2.75) is 12.8 Å². The normalized spacial score (nSPS) is 16.1. The van der Waals surface area contributed by atoms with Gasteiger partial charge in [0.05, 0.1) is 11.1 Å². The van der Waals surface area contributed by atoms with E-state index in [-0.39, 0.29) is 43.2 Å². The molecule has 4 rings (SSSR count). The van der Waals surface area contributed by atoms with Gasteiger partial charge in [0.15, 0.2) is 6.61 Å². The van der Waals surface area contributed by atoms with Crippen molar-refractivity contribution in [1.82, 2.24) is 14.7 Å². The summed E-state index contributed by atoms with van der Waals surface area (Å²) in [4.78, 5) is 54.7. The van der Waals surface area contributed by atoms with Crippen LogP contribution < -0.4 is 4.74 Å². The van der Waals surface area contributed by atoms with Crippen molar-refractivity contribution < 1.29 is 23.9 Å². The van der Waals surface area contributed by atoms with E-state index in [1.807, 2.05) is 18.2 Å². The SMILES string of the molecule is O=C(CCN1C(=O)c2ccccc2C1=O)N1CCCN(C(=O)COc2ccccc2)CC1. The van der Waals surface area contributed by atoms with Crippen LogP contribution in [0.15, 0.2) is 54.6 Å². The fraction of sp³-hybridized carbons (Fsp3) is 0.333. The highest BCUT2D eigenvalue weighted by Gasteiger charge is 2.35. The molecule has 1 fully saturated rings. The lowest BCUT2D eigenvalue weighted by Crippen LogP contribution is -2.40. The molecular formula is C24H25N3O5. The van der Waals surface area contributed by atoms with Crippen molar-refractivity contribution in [3.05, 3.63) is 65.7 Å². The Morgan fingerprint density at radius 1 is 0.750 bits per heavy atom. The molecule has 8 heteroatoms. The van der Waals surface area contributed by atoms with Crippen LogP contribution in [0.4, 0.5) is 0 Å². The monoisotopic (exact) mass is 435 g/mol. The summed E-state index contributed by atoms with van der Waals surface area (Å²) < 4.78 is 5.54. The number of carbonyl (C=O) groups is 4. The molecular weight excluding hydrogens is 410 g/mol. The summed E-state index contributed by atoms with van der Waals surface area (Å²) in [5, 5.41) is 0. The van der Waals surface area contributed by atoms with E-state index in [1.54, 1.807) is 46.2 Å². The van der Waals surface area contributed by atoms with Crippen molar-refractivity contribution >= 4 is 23.6 Å². The van der Waals surface area contributed by atoms with Crippen LogP contribution in [0.3, 0.4) is 0 Å². The van der Waals surface area contributed by atoms with Gasteiger partial charge in [0.25, 0.3) is 17.7 Å². The quantitative estimate of drug-likeness (QED) is 0.646. The van der Waals surface area contributed by atoms with Crippen LogP contribution in [0, 0.1) is 0 Å². The minimum atomic E-state index is -0.357. The predicted molar refractivity (Wildman–Crippen MR) is 116 cm³/mol. The predicted octanol–water partition coefficient (Wildman–Crippen LogP) is 1.81. The summed E-state index contributed by atoms with van der Waals surface area (Å²) in [7, 11) is 0. The Morgan fingerprint density at radius 3 is 1.94 bits per heavy atom. The van der Waals surface area contributed by atoms with Crippen LogP contribution in [0.2, 0.25) is 0 Å². The highest BCUT2D eigenvalue weighted by molar-refractivity contribution is 6.21. The average Bonchev–Trinajstić information content (AvgIpc) is 2.98. The van der Waals surface area contributed by atoms with Crippen molar-refractivity contribution in [2.24, 2.45) is 0 Å². The molecule has 2 aromatic rings. The van der Waals surface area contributed by atoms with Crippen molar-refractivity contribution in [3.63, 3.8) is 0 Å². The minimum Gasteiger partial charge on any atom is -0.484 e. The summed E-state index contributed by atoms with van der Waals surface area (Å²) in [6.45, 7) is 1.93. The molecule has 0 spiro atoms. The van der Waals surface area contributed by atoms with Gasteiger partial charge >= 0.3 is 0 Å². The largest absolute Gasteiger partial charge is 0.484 e. The van der Waals surface area contributed by atoms with Crippen LogP contribution in [-0.2, 0) is 9.59 Å². The van der Waals surface area contributed by atoms with Crippen LogP contribution >= 0.6 is 0 Å². The second-order valence-electron chi connectivity index (χ2n) is 7.77. The lowest BCUT2D eigenvalue weighted by atomic mass is 10.1. The highest BCUT2D eigenvalue weighted by Crippen LogP contribution is 2.22. The van der Waals surface area contributed by atoms with Gasteiger partial charge in [0.1, 0.15) is 5.75 Å². The number of ether oxygens (including phenoxy) is 1. The maximum atomic E-state index is 12.7. The second-order valence-corrected chi connectivity index (χ2v) is 7.77. The van der Waals surface area contributed by atoms with E-state index in [4.69, 9.17) is 4.74 Å². The molecule has 8 nitrogen and oxygen atoms in total. The lowest BCUT2D eigenvalue weighted by molar-refractivity contribution is -0.134. The third kappa shape index (κ3) is 4.64. The molecule has 2 aliphatic heterocycles. The van der Waals surface area contributed by atoms with E-state index in [9.17, 15) is 19.2 Å². The number of nitrogens with zero attached hydrogens (tertiary/aromatic N) is 3. The van der Waals surface area contributed by atoms with Crippen LogP contribution in [-0.4, -0.2) is 77.7 Å². The molecule has 4 amide bonds. The van der Waals surface area contributed by atoms with E-state index in [0.29, 0.717) is 49.5 Å². The molecule has 0 saturated carbocycles. The topological polar surface area (TPSA) is 87.2 Å². The van der Waals surface area contributed by atoms with E-state index in [0.717, 1.165) is 4.90 Å². The number of hydrogen-bond acceptors (Lipinski definition) is 5. The molecule has 166 valence electrons. The third-order valence-electron chi connectivity index (χ3n) is 5.73. The Kier molecular flexibility index (Phi) is 6.49. The fourth-order valence-corrected chi connectivity index (χ4v) is 3.98. The zero-order chi connectivity index (χ0) is 22.5. The van der Waals surface area contributed by atoms with Crippen LogP contribution in [0.25, 0.3) is 0 Å². The molecule has 1 saturated heterocycles. The van der Waals surface area contributed by atoms with Gasteiger partial charge in [-0.15, -0.1) is 0 Å². The number of hydrogen-bond donors (Lipinski definition) is 0. The zero-order valence-corrected chi connectivity index (χ0v) is 17.7. The molecule has 0 aromatic heterocycles. The zero-order valence-electron chi connectivity index (χ0n) is 17.7. The first-order valence-electron chi connectivity index (χ1n) is 10.7. The molecule has 0 unspecified atom stereocenters. The van der Waals surface area contributed by atoms with Gasteiger partial charge in [-0.2, -0.15) is 0 Å². The molecule has 0 N–H and O–H groups in total. The number of para-hydroxylation sites is 1. The number of carbonyl (C=O) groups excluding carboxylic acids is 4. The third-order valence-corrected chi connectivity index (χ3v) is 5.73. The number of rotatable bonds is 6. The van der Waals surface area contributed by atoms with Gasteiger partial charge in [-0.3, -0.25) is 24.1 Å². The first kappa shape index (κ1) is 21.5. The second kappa shape index (κ2) is 9.64. The summed E-state index contributed by atoms with van der Waals surface area (Å²) in [5.74, 6) is -0.319. The molecule has 0 aliphatic carbocycles. The van der Waals surface area contributed by atoms with Gasteiger partial charge in [-0.25, -0.2) is 0 Å². The van der Waals surface area contributed by atoms with Crippen LogP contribution in [0.1, 0.15) is 33.6 Å². The van der Waals surface area contributed by atoms with E-state index in [2.05, 4.69) is 0 Å². The molecule has 32 heavy (non-hydrogen) atoms. The number of fused-ring (bicyclic) bond motifs is 1. The van der Waals surface area contributed by atoms with Gasteiger partial charge in [-0.1, -0.05) is 30.3 Å². The van der Waals surface area contributed by atoms with Gasteiger partial charge in [-0.05, 0) is 30.7 Å². The standard InChI is InChI=1S/C24H25N3O5/c28-21(11-14-27-23(30)19-9-4-5-10-20(19)24(27)31)25-12-6-13-26(16-15-25)22(29)17-32-18-7-2-1-3-8-18/h1-5,7-10H,6,11-17H2. The maximum Gasteiger partial charge on any atom is 0.261 e. The molecule has 0 radical (unpaired) electrons. The lowest BCUT2D eigenvalue weighted by Gasteiger charge is -2.23. The fourth-order valence-electron chi connectivity index (χ4n) is 3.98. The summed E-state index contributed by atoms with van der Waals surface area (Å²) in [6.07, 6.45) is 0.729. The van der Waals surface area contributed by atoms with E-state index < -0.39 is 0 Å². The molecule has 2 aromatic carbocycles. The van der Waals surface area contributed by atoms with Crippen molar-refractivity contribution in [3.8, 4) is 5.75 Å². The Hall–Kier alpha value is -3.68. The summed E-state index contributed by atoms with van der Waals surface area (Å²) >= 11 is 0. The molecule has 2 aliphatic rings. The maximum absolute atomic E-state index is 12.7. The molecule has 0 bridgehead atoms. The molecule has 2 heterocycles. The number of benzene rings is 2. The summed E-state index contributed by atoms with van der Waals surface area (Å²) in [6, 6.07) is 15.8. The van der Waals surface area contributed by atoms with Crippen molar-refractivity contribution in [2.75, 3.05) is 39.3 Å². The van der Waals surface area contributed by atoms with Crippen molar-refractivity contribution in [1.29, 1.82) is 0 Å². The first-order chi connectivity index (χ1) is 15.5. The average molecular weight is 435 g/mol. The van der Waals surface area contributed by atoms with E-state index in [1.165, 1.54) is 0 Å². The van der Waals surface area contributed by atoms with Gasteiger partial charge in [0.2, 0.25) is 5.91 Å².